The first-order valence-electron chi connectivity index (χ1n) is 8.53. The summed E-state index contributed by atoms with van der Waals surface area (Å²) in [5.74, 6) is 0.129. The van der Waals surface area contributed by atoms with Crippen LogP contribution in [0.3, 0.4) is 0 Å². The number of rotatable bonds is 7. The van der Waals surface area contributed by atoms with Crippen molar-refractivity contribution in [2.75, 3.05) is 19.7 Å². The van der Waals surface area contributed by atoms with Crippen molar-refractivity contribution in [3.05, 3.63) is 29.3 Å². The van der Waals surface area contributed by atoms with Crippen LogP contribution in [0.1, 0.15) is 43.7 Å². The third-order valence-corrected chi connectivity index (χ3v) is 4.73. The van der Waals surface area contributed by atoms with Crippen molar-refractivity contribution >= 4 is 11.9 Å². The van der Waals surface area contributed by atoms with Gasteiger partial charge < -0.3 is 14.7 Å². The van der Waals surface area contributed by atoms with Crippen LogP contribution in [0.2, 0.25) is 0 Å². The van der Waals surface area contributed by atoms with Gasteiger partial charge in [0.05, 0.1) is 12.0 Å². The second kappa shape index (κ2) is 7.69. The zero-order chi connectivity index (χ0) is 17.7. The summed E-state index contributed by atoms with van der Waals surface area (Å²) in [6.45, 7) is 7.21. The van der Waals surface area contributed by atoms with Gasteiger partial charge in [0, 0.05) is 19.5 Å². The molecule has 1 aliphatic heterocycles. The SMILES string of the molecule is Cc1ccc(C)c(OCCCCC(=O)N2CC[C@](C)(C(=O)O)C2)c1. The van der Waals surface area contributed by atoms with Crippen LogP contribution < -0.4 is 4.74 Å². The number of carbonyl (C=O) groups is 2. The molecule has 1 atom stereocenters. The van der Waals surface area contributed by atoms with Crippen molar-refractivity contribution in [1.29, 1.82) is 0 Å². The van der Waals surface area contributed by atoms with Gasteiger partial charge in [0.2, 0.25) is 5.91 Å². The maximum absolute atomic E-state index is 12.2. The van der Waals surface area contributed by atoms with Crippen LogP contribution in [0.5, 0.6) is 5.75 Å². The summed E-state index contributed by atoms with van der Waals surface area (Å²) in [7, 11) is 0. The van der Waals surface area contributed by atoms with E-state index in [0.29, 0.717) is 32.5 Å². The van der Waals surface area contributed by atoms with Gasteiger partial charge in [0.25, 0.3) is 0 Å². The van der Waals surface area contributed by atoms with Crippen LogP contribution >= 0.6 is 0 Å². The first-order chi connectivity index (χ1) is 11.3. The number of hydrogen-bond acceptors (Lipinski definition) is 3. The van der Waals surface area contributed by atoms with Gasteiger partial charge in [-0.25, -0.2) is 0 Å². The Bertz CT molecular complexity index is 613. The van der Waals surface area contributed by atoms with Crippen LogP contribution in [0, 0.1) is 19.3 Å². The van der Waals surface area contributed by atoms with Crippen LogP contribution in [0.4, 0.5) is 0 Å². The number of unbranched alkanes of at least 4 members (excludes halogenated alkanes) is 1. The molecule has 1 aromatic rings. The Balaban J connectivity index is 1.68. The third-order valence-electron chi connectivity index (χ3n) is 4.73. The van der Waals surface area contributed by atoms with E-state index >= 15 is 0 Å². The minimum absolute atomic E-state index is 0.0479. The van der Waals surface area contributed by atoms with Crippen LogP contribution in [0.15, 0.2) is 18.2 Å². The number of carboxylic acid groups (broad SMARTS) is 1. The lowest BCUT2D eigenvalue weighted by atomic mass is 9.90. The van der Waals surface area contributed by atoms with E-state index < -0.39 is 11.4 Å². The molecule has 1 aliphatic rings. The fraction of sp³-hybridized carbons (Fsp3) is 0.579. The lowest BCUT2D eigenvalue weighted by molar-refractivity contribution is -0.147. The van der Waals surface area contributed by atoms with Gasteiger partial charge >= 0.3 is 5.97 Å². The Hall–Kier alpha value is -2.04. The summed E-state index contributed by atoms with van der Waals surface area (Å²) < 4.78 is 5.79. The molecule has 1 amide bonds. The molecule has 1 N–H and O–H groups in total. The summed E-state index contributed by atoms with van der Waals surface area (Å²) in [4.78, 5) is 25.1. The highest BCUT2D eigenvalue weighted by Crippen LogP contribution is 2.30. The van der Waals surface area contributed by atoms with E-state index in [0.717, 1.165) is 24.2 Å². The van der Waals surface area contributed by atoms with Crippen LogP contribution in [0.25, 0.3) is 0 Å². The van der Waals surface area contributed by atoms with Crippen molar-refractivity contribution in [3.8, 4) is 5.75 Å². The zero-order valence-electron chi connectivity index (χ0n) is 14.8. The molecule has 5 heteroatoms. The topological polar surface area (TPSA) is 66.8 Å². The first-order valence-corrected chi connectivity index (χ1v) is 8.53. The van der Waals surface area contributed by atoms with Gasteiger partial charge in [0.1, 0.15) is 5.75 Å². The average Bonchev–Trinajstić information content (AvgIpc) is 2.94. The van der Waals surface area contributed by atoms with E-state index in [2.05, 4.69) is 6.07 Å². The molecule has 2 rings (SSSR count). The molecule has 0 radical (unpaired) electrons. The predicted molar refractivity (Wildman–Crippen MR) is 92.2 cm³/mol. The monoisotopic (exact) mass is 333 g/mol. The third kappa shape index (κ3) is 4.49. The maximum Gasteiger partial charge on any atom is 0.311 e. The van der Waals surface area contributed by atoms with Crippen molar-refractivity contribution in [2.45, 2.75) is 46.5 Å². The van der Waals surface area contributed by atoms with Gasteiger partial charge in [-0.3, -0.25) is 9.59 Å². The second-order valence-electron chi connectivity index (χ2n) is 7.01. The number of ether oxygens (including phenoxy) is 1. The molecule has 0 spiro atoms. The Kier molecular flexibility index (Phi) is 5.86. The highest BCUT2D eigenvalue weighted by molar-refractivity contribution is 5.80. The van der Waals surface area contributed by atoms with E-state index in [1.807, 2.05) is 26.0 Å². The van der Waals surface area contributed by atoms with E-state index in [1.54, 1.807) is 11.8 Å². The van der Waals surface area contributed by atoms with Crippen LogP contribution in [-0.4, -0.2) is 41.6 Å². The van der Waals surface area contributed by atoms with Crippen molar-refractivity contribution in [1.82, 2.24) is 4.90 Å². The molecule has 132 valence electrons. The number of amides is 1. The number of aryl methyl sites for hydroxylation is 2. The fourth-order valence-corrected chi connectivity index (χ4v) is 2.93. The van der Waals surface area contributed by atoms with Gasteiger partial charge in [-0.1, -0.05) is 12.1 Å². The van der Waals surface area contributed by atoms with E-state index in [-0.39, 0.29) is 5.91 Å². The minimum atomic E-state index is -0.820. The Morgan fingerprint density at radius 1 is 1.29 bits per heavy atom. The van der Waals surface area contributed by atoms with Gasteiger partial charge in [-0.15, -0.1) is 0 Å². The summed E-state index contributed by atoms with van der Waals surface area (Å²) in [6, 6.07) is 6.13. The number of hydrogen-bond donors (Lipinski definition) is 1. The molecule has 0 bridgehead atoms. The lowest BCUT2D eigenvalue weighted by Crippen LogP contribution is -2.34. The largest absolute Gasteiger partial charge is 0.493 e. The number of aliphatic carboxylic acids is 1. The van der Waals surface area contributed by atoms with Crippen LogP contribution in [-0.2, 0) is 9.59 Å². The number of benzene rings is 1. The summed E-state index contributed by atoms with van der Waals surface area (Å²) >= 11 is 0. The molecule has 0 unspecified atom stereocenters. The van der Waals surface area contributed by atoms with E-state index in [4.69, 9.17) is 4.74 Å². The number of nitrogens with zero attached hydrogens (tertiary/aromatic N) is 1. The second-order valence-corrected chi connectivity index (χ2v) is 7.01. The maximum atomic E-state index is 12.2. The van der Waals surface area contributed by atoms with Gasteiger partial charge in [-0.05, 0) is 57.2 Å². The van der Waals surface area contributed by atoms with Crippen molar-refractivity contribution < 1.29 is 19.4 Å². The molecule has 1 aromatic carbocycles. The number of likely N-dealkylation sites (tertiary alicyclic amines) is 1. The molecule has 0 aliphatic carbocycles. The quantitative estimate of drug-likeness (QED) is 0.778. The highest BCUT2D eigenvalue weighted by atomic mass is 16.5. The Labute approximate surface area is 143 Å². The smallest absolute Gasteiger partial charge is 0.311 e. The molecule has 1 fully saturated rings. The predicted octanol–water partition coefficient (Wildman–Crippen LogP) is 3.18. The summed E-state index contributed by atoms with van der Waals surface area (Å²) in [6.07, 6.45) is 2.54. The van der Waals surface area contributed by atoms with E-state index in [9.17, 15) is 14.7 Å². The number of carbonyl (C=O) groups excluding carboxylic acids is 1. The standard InChI is InChI=1S/C19H27NO4/c1-14-7-8-15(2)16(12-14)24-11-5-4-6-17(21)20-10-9-19(3,13-20)18(22)23/h7-8,12H,4-6,9-11,13H2,1-3H3,(H,22,23)/t19-/m0/s1. The summed E-state index contributed by atoms with van der Waals surface area (Å²) in [5, 5.41) is 9.21. The Morgan fingerprint density at radius 3 is 2.71 bits per heavy atom. The molecule has 1 saturated heterocycles. The number of carboxylic acids is 1. The molecule has 0 saturated carbocycles. The minimum Gasteiger partial charge on any atom is -0.493 e. The molecule has 0 aromatic heterocycles. The first kappa shape index (κ1) is 18.3. The Morgan fingerprint density at radius 2 is 2.04 bits per heavy atom. The van der Waals surface area contributed by atoms with Crippen molar-refractivity contribution in [2.24, 2.45) is 5.41 Å². The molecular weight excluding hydrogens is 306 g/mol. The lowest BCUT2D eigenvalue weighted by Gasteiger charge is -2.20. The molecular formula is C19H27NO4. The zero-order valence-corrected chi connectivity index (χ0v) is 14.8. The highest BCUT2D eigenvalue weighted by Gasteiger charge is 2.41. The van der Waals surface area contributed by atoms with E-state index in [1.165, 1.54) is 5.56 Å². The summed E-state index contributed by atoms with van der Waals surface area (Å²) in [5.41, 5.74) is 1.49. The normalized spacial score (nSPS) is 20.2. The van der Waals surface area contributed by atoms with Crippen molar-refractivity contribution in [3.63, 3.8) is 0 Å². The molecule has 24 heavy (non-hydrogen) atoms. The average molecular weight is 333 g/mol. The fourth-order valence-electron chi connectivity index (χ4n) is 2.93. The van der Waals surface area contributed by atoms with Gasteiger partial charge in [-0.2, -0.15) is 0 Å². The van der Waals surface area contributed by atoms with Gasteiger partial charge in [0.15, 0.2) is 0 Å². The molecule has 5 nitrogen and oxygen atoms in total. The molecule has 1 heterocycles.